The molecule has 21 heavy (non-hydrogen) atoms. The number of carbonyl (C=O) groups is 2. The van der Waals surface area contributed by atoms with Crippen molar-refractivity contribution >= 4 is 23.4 Å². The average Bonchev–Trinajstić information content (AvgIpc) is 2.43. The number of hydrogen-bond donors (Lipinski definition) is 2. The smallest absolute Gasteiger partial charge is 0.267 e. The highest BCUT2D eigenvalue weighted by molar-refractivity contribution is 6.33. The fraction of sp³-hybridized carbons (Fsp3) is 0.125. The number of hydrazine groups is 1. The first kappa shape index (κ1) is 15.1. The first-order valence-electron chi connectivity index (χ1n) is 6.41. The van der Waals surface area contributed by atoms with Gasteiger partial charge in [-0.2, -0.15) is 0 Å². The van der Waals surface area contributed by atoms with Crippen LogP contribution in [0, 0.1) is 13.8 Å². The summed E-state index contributed by atoms with van der Waals surface area (Å²) in [7, 11) is 0. The van der Waals surface area contributed by atoms with Crippen LogP contribution < -0.4 is 10.9 Å². The van der Waals surface area contributed by atoms with Gasteiger partial charge >= 0.3 is 0 Å². The normalized spacial score (nSPS) is 10.0. The lowest BCUT2D eigenvalue weighted by molar-refractivity contribution is 0.0846. The number of hydrogen-bond acceptors (Lipinski definition) is 2. The minimum Gasteiger partial charge on any atom is -0.267 e. The maximum Gasteiger partial charge on any atom is 0.271 e. The molecule has 0 aliphatic heterocycles. The number of carbonyl (C=O) groups excluding carboxylic acids is 2. The largest absolute Gasteiger partial charge is 0.271 e. The summed E-state index contributed by atoms with van der Waals surface area (Å²) in [4.78, 5) is 23.9. The fourth-order valence-electron chi connectivity index (χ4n) is 2.00. The molecule has 0 saturated heterocycles. The number of halogens is 1. The molecule has 0 spiro atoms. The lowest BCUT2D eigenvalue weighted by Crippen LogP contribution is -2.41. The predicted molar refractivity (Wildman–Crippen MR) is 82.3 cm³/mol. The van der Waals surface area contributed by atoms with Crippen molar-refractivity contribution in [2.75, 3.05) is 0 Å². The molecule has 0 aromatic heterocycles. The van der Waals surface area contributed by atoms with Gasteiger partial charge in [0, 0.05) is 5.56 Å². The molecule has 0 atom stereocenters. The van der Waals surface area contributed by atoms with E-state index in [4.69, 9.17) is 11.6 Å². The van der Waals surface area contributed by atoms with E-state index in [0.717, 1.165) is 11.1 Å². The van der Waals surface area contributed by atoms with Crippen LogP contribution in [0.15, 0.2) is 42.5 Å². The van der Waals surface area contributed by atoms with Crippen LogP contribution in [0.4, 0.5) is 0 Å². The third-order valence-corrected chi connectivity index (χ3v) is 3.22. The van der Waals surface area contributed by atoms with Crippen molar-refractivity contribution in [2.24, 2.45) is 0 Å². The highest BCUT2D eigenvalue weighted by atomic mass is 35.5. The summed E-state index contributed by atoms with van der Waals surface area (Å²) in [5.74, 6) is -0.833. The Morgan fingerprint density at radius 1 is 0.905 bits per heavy atom. The Morgan fingerprint density at radius 3 is 2.10 bits per heavy atom. The van der Waals surface area contributed by atoms with Crippen LogP contribution in [0.25, 0.3) is 0 Å². The van der Waals surface area contributed by atoms with Gasteiger partial charge < -0.3 is 0 Å². The van der Waals surface area contributed by atoms with Crippen LogP contribution in [-0.4, -0.2) is 11.8 Å². The van der Waals surface area contributed by atoms with Gasteiger partial charge in [0.05, 0.1) is 10.6 Å². The highest BCUT2D eigenvalue weighted by Gasteiger charge is 2.11. The van der Waals surface area contributed by atoms with Crippen molar-refractivity contribution in [3.8, 4) is 0 Å². The first-order chi connectivity index (χ1) is 9.97. The van der Waals surface area contributed by atoms with Gasteiger partial charge in [0.25, 0.3) is 11.8 Å². The SMILES string of the molecule is Cc1cc(C)cc(C(=O)NNC(=O)c2ccccc2Cl)c1. The summed E-state index contributed by atoms with van der Waals surface area (Å²) in [6, 6.07) is 12.1. The van der Waals surface area contributed by atoms with Gasteiger partial charge in [-0.3, -0.25) is 20.4 Å². The van der Waals surface area contributed by atoms with Gasteiger partial charge in [-0.05, 0) is 38.1 Å². The molecule has 0 unspecified atom stereocenters. The second kappa shape index (κ2) is 6.41. The molecule has 0 radical (unpaired) electrons. The van der Waals surface area contributed by atoms with E-state index in [0.29, 0.717) is 16.1 Å². The molecule has 0 saturated carbocycles. The summed E-state index contributed by atoms with van der Waals surface area (Å²) < 4.78 is 0. The van der Waals surface area contributed by atoms with E-state index in [1.165, 1.54) is 0 Å². The molecule has 2 rings (SSSR count). The molecular weight excluding hydrogens is 288 g/mol. The second-order valence-corrected chi connectivity index (χ2v) is 5.17. The topological polar surface area (TPSA) is 58.2 Å². The van der Waals surface area contributed by atoms with Gasteiger partial charge in [-0.15, -0.1) is 0 Å². The van der Waals surface area contributed by atoms with Crippen molar-refractivity contribution in [2.45, 2.75) is 13.8 Å². The van der Waals surface area contributed by atoms with Gasteiger partial charge in [-0.25, -0.2) is 0 Å². The Kier molecular flexibility index (Phi) is 4.60. The van der Waals surface area contributed by atoms with E-state index >= 15 is 0 Å². The molecule has 2 N–H and O–H groups in total. The Labute approximate surface area is 128 Å². The highest BCUT2D eigenvalue weighted by Crippen LogP contribution is 2.14. The van der Waals surface area contributed by atoms with Crippen LogP contribution in [0.2, 0.25) is 5.02 Å². The standard InChI is InChI=1S/C16H15ClN2O2/c1-10-7-11(2)9-12(8-10)15(20)18-19-16(21)13-5-3-4-6-14(13)17/h3-9H,1-2H3,(H,18,20)(H,19,21). The number of aryl methyl sites for hydroxylation is 2. The van der Waals surface area contributed by atoms with E-state index in [1.54, 1.807) is 36.4 Å². The van der Waals surface area contributed by atoms with Gasteiger partial charge in [0.2, 0.25) is 0 Å². The maximum atomic E-state index is 12.0. The van der Waals surface area contributed by atoms with E-state index in [-0.39, 0.29) is 5.91 Å². The summed E-state index contributed by atoms with van der Waals surface area (Å²) >= 11 is 5.92. The third kappa shape index (κ3) is 3.83. The summed E-state index contributed by atoms with van der Waals surface area (Å²) in [6.07, 6.45) is 0. The minimum atomic E-state index is -0.460. The Balaban J connectivity index is 2.04. The van der Waals surface area contributed by atoms with E-state index in [1.807, 2.05) is 19.9 Å². The fourth-order valence-corrected chi connectivity index (χ4v) is 2.23. The average molecular weight is 303 g/mol. The molecule has 0 fully saturated rings. The van der Waals surface area contributed by atoms with Gasteiger partial charge in [0.1, 0.15) is 0 Å². The number of rotatable bonds is 2. The Bertz CT molecular complexity index is 678. The molecule has 0 aliphatic rings. The number of amides is 2. The monoisotopic (exact) mass is 302 g/mol. The molecular formula is C16H15ClN2O2. The molecule has 2 aromatic carbocycles. The zero-order valence-corrected chi connectivity index (χ0v) is 12.5. The molecule has 4 nitrogen and oxygen atoms in total. The van der Waals surface area contributed by atoms with Crippen molar-refractivity contribution in [1.29, 1.82) is 0 Å². The molecule has 0 heterocycles. The van der Waals surface area contributed by atoms with E-state index in [2.05, 4.69) is 10.9 Å². The van der Waals surface area contributed by atoms with Crippen LogP contribution in [0.5, 0.6) is 0 Å². The molecule has 0 aliphatic carbocycles. The first-order valence-corrected chi connectivity index (χ1v) is 6.78. The molecule has 2 aromatic rings. The summed E-state index contributed by atoms with van der Waals surface area (Å²) in [5, 5.41) is 0.329. The number of benzene rings is 2. The lowest BCUT2D eigenvalue weighted by atomic mass is 10.1. The van der Waals surface area contributed by atoms with E-state index in [9.17, 15) is 9.59 Å². The Hall–Kier alpha value is -2.33. The molecule has 108 valence electrons. The van der Waals surface area contributed by atoms with Crippen molar-refractivity contribution in [3.63, 3.8) is 0 Å². The predicted octanol–water partition coefficient (Wildman–Crippen LogP) is 3.03. The van der Waals surface area contributed by atoms with Gasteiger partial charge in [-0.1, -0.05) is 40.9 Å². The van der Waals surface area contributed by atoms with Gasteiger partial charge in [0.15, 0.2) is 0 Å². The van der Waals surface area contributed by atoms with Crippen molar-refractivity contribution in [3.05, 3.63) is 69.7 Å². The zero-order chi connectivity index (χ0) is 15.4. The van der Waals surface area contributed by atoms with Crippen LogP contribution in [-0.2, 0) is 0 Å². The maximum absolute atomic E-state index is 12.0. The lowest BCUT2D eigenvalue weighted by Gasteiger charge is -2.09. The van der Waals surface area contributed by atoms with Crippen LogP contribution >= 0.6 is 11.6 Å². The summed E-state index contributed by atoms with van der Waals surface area (Å²) in [6.45, 7) is 3.82. The zero-order valence-electron chi connectivity index (χ0n) is 11.7. The quantitative estimate of drug-likeness (QED) is 0.838. The summed E-state index contributed by atoms with van der Waals surface area (Å²) in [5.41, 5.74) is 7.50. The van der Waals surface area contributed by atoms with Crippen LogP contribution in [0.1, 0.15) is 31.8 Å². The molecule has 2 amide bonds. The Morgan fingerprint density at radius 2 is 1.48 bits per heavy atom. The molecule has 0 bridgehead atoms. The van der Waals surface area contributed by atoms with Crippen molar-refractivity contribution in [1.82, 2.24) is 10.9 Å². The second-order valence-electron chi connectivity index (χ2n) is 4.76. The third-order valence-electron chi connectivity index (χ3n) is 2.89. The van der Waals surface area contributed by atoms with E-state index < -0.39 is 5.91 Å². The van der Waals surface area contributed by atoms with Crippen molar-refractivity contribution < 1.29 is 9.59 Å². The van der Waals surface area contributed by atoms with Crippen LogP contribution in [0.3, 0.4) is 0 Å². The molecule has 5 heteroatoms. The minimum absolute atomic E-state index is 0.305. The number of nitrogens with one attached hydrogen (secondary N) is 2.